The van der Waals surface area contributed by atoms with Crippen molar-refractivity contribution < 1.29 is 0 Å². The van der Waals surface area contributed by atoms with Crippen molar-refractivity contribution in [3.8, 4) is 0 Å². The van der Waals surface area contributed by atoms with Crippen molar-refractivity contribution in [2.45, 2.75) is 135 Å². The lowest BCUT2D eigenvalue weighted by atomic mass is 9.73. The van der Waals surface area contributed by atoms with Gasteiger partial charge in [0, 0.05) is 0 Å². The maximum absolute atomic E-state index is 3.22. The fraction of sp³-hybridized carbons (Fsp3) is 1.00. The molecule has 0 aliphatic heterocycles. The van der Waals surface area contributed by atoms with Crippen LogP contribution in [-0.4, -0.2) is 5.16 Å². The Bertz CT molecular complexity index is 252. The Morgan fingerprint density at radius 3 is 1.04 bits per heavy atom. The first-order chi connectivity index (χ1) is 11.0. The maximum atomic E-state index is 3.22. The molecule has 0 bridgehead atoms. The molecular weight excluding hydrogens is 295 g/mol. The lowest BCUT2D eigenvalue weighted by molar-refractivity contribution is 0.220. The van der Waals surface area contributed by atoms with E-state index in [-0.39, 0.29) is 0 Å². The molecule has 0 saturated heterocycles. The summed E-state index contributed by atoms with van der Waals surface area (Å²) in [5, 5.41) is 0.413. The van der Waals surface area contributed by atoms with Crippen molar-refractivity contribution in [3.63, 3.8) is 0 Å². The van der Waals surface area contributed by atoms with Gasteiger partial charge in [-0.25, -0.2) is 0 Å². The fourth-order valence-electron chi connectivity index (χ4n) is 3.98. The Balaban J connectivity index is 2.39. The highest BCUT2D eigenvalue weighted by Crippen LogP contribution is 2.45. The summed E-state index contributed by atoms with van der Waals surface area (Å²) in [6, 6.07) is 0. The molecule has 138 valence electrons. The Labute approximate surface area is 150 Å². The first-order valence-electron chi connectivity index (χ1n) is 10.7. The second kappa shape index (κ2) is 11.9. The van der Waals surface area contributed by atoms with Crippen molar-refractivity contribution in [1.82, 2.24) is 0 Å². The number of hydrogen-bond acceptors (Lipinski definition) is 0. The number of rotatable bonds is 0. The van der Waals surface area contributed by atoms with Gasteiger partial charge in [0.2, 0.25) is 0 Å². The Kier molecular flexibility index (Phi) is 11.1. The fourth-order valence-corrected chi connectivity index (χ4v) is 4.33. The third kappa shape index (κ3) is 9.48. The van der Waals surface area contributed by atoms with Gasteiger partial charge in [0.05, 0.1) is 0 Å². The third-order valence-electron chi connectivity index (χ3n) is 6.54. The predicted molar refractivity (Wildman–Crippen MR) is 110 cm³/mol. The summed E-state index contributed by atoms with van der Waals surface area (Å²) >= 11 is 0. The van der Waals surface area contributed by atoms with E-state index in [2.05, 4.69) is 30.0 Å². The SMILES string of the molecule is CC1(C)CCCCCCCCCCCCCCCCCC1(C)P. The third-order valence-corrected chi connectivity index (χ3v) is 7.61. The molecule has 0 aromatic carbocycles. The molecule has 0 N–H and O–H groups in total. The summed E-state index contributed by atoms with van der Waals surface area (Å²) in [5.41, 5.74) is 0.459. The lowest BCUT2D eigenvalue weighted by Gasteiger charge is -2.42. The molecular formula is C22H45P. The highest BCUT2D eigenvalue weighted by atomic mass is 31.0. The monoisotopic (exact) mass is 340 g/mol. The van der Waals surface area contributed by atoms with Crippen molar-refractivity contribution >= 4 is 9.24 Å². The lowest BCUT2D eigenvalue weighted by Crippen LogP contribution is -2.36. The van der Waals surface area contributed by atoms with Crippen molar-refractivity contribution in [1.29, 1.82) is 0 Å². The van der Waals surface area contributed by atoms with Gasteiger partial charge in [-0.2, -0.15) is 0 Å². The first kappa shape index (κ1) is 21.5. The van der Waals surface area contributed by atoms with Gasteiger partial charge in [0.25, 0.3) is 0 Å². The Hall–Kier alpha value is 0.430. The van der Waals surface area contributed by atoms with Gasteiger partial charge in [-0.1, -0.05) is 117 Å². The summed E-state index contributed by atoms with van der Waals surface area (Å²) < 4.78 is 0. The summed E-state index contributed by atoms with van der Waals surface area (Å²) in [4.78, 5) is 0. The van der Waals surface area contributed by atoms with Crippen LogP contribution in [0.2, 0.25) is 0 Å². The van der Waals surface area contributed by atoms with Crippen LogP contribution in [0, 0.1) is 5.41 Å². The van der Waals surface area contributed by atoms with Gasteiger partial charge in [-0.3, -0.25) is 0 Å². The molecule has 0 spiro atoms. The van der Waals surface area contributed by atoms with Crippen LogP contribution in [0.5, 0.6) is 0 Å². The Morgan fingerprint density at radius 2 is 0.696 bits per heavy atom. The molecule has 1 rings (SSSR count). The highest BCUT2D eigenvalue weighted by molar-refractivity contribution is 7.19. The zero-order valence-electron chi connectivity index (χ0n) is 16.6. The second-order valence-electron chi connectivity index (χ2n) is 9.10. The minimum Gasteiger partial charge on any atom is -0.131 e. The van der Waals surface area contributed by atoms with E-state index in [9.17, 15) is 0 Å². The zero-order valence-corrected chi connectivity index (χ0v) is 17.8. The van der Waals surface area contributed by atoms with Crippen LogP contribution in [0.1, 0.15) is 130 Å². The van der Waals surface area contributed by atoms with Gasteiger partial charge in [-0.15, -0.1) is 9.24 Å². The quantitative estimate of drug-likeness (QED) is 0.389. The van der Waals surface area contributed by atoms with Crippen LogP contribution in [0.25, 0.3) is 0 Å². The van der Waals surface area contributed by atoms with Crippen LogP contribution in [0.15, 0.2) is 0 Å². The minimum atomic E-state index is 0.413. The van der Waals surface area contributed by atoms with Crippen molar-refractivity contribution in [2.24, 2.45) is 5.41 Å². The van der Waals surface area contributed by atoms with Crippen molar-refractivity contribution in [3.05, 3.63) is 0 Å². The molecule has 0 amide bonds. The standard InChI is InChI=1S/C22H45P/c1-21(2)19-17-15-13-11-9-7-5-4-6-8-10-12-14-16-18-20-22(21,3)23/h4-20,23H2,1-3H3. The second-order valence-corrected chi connectivity index (χ2v) is 10.4. The van der Waals surface area contributed by atoms with Gasteiger partial charge < -0.3 is 0 Å². The van der Waals surface area contributed by atoms with Gasteiger partial charge >= 0.3 is 0 Å². The molecule has 0 radical (unpaired) electrons. The molecule has 1 saturated carbocycles. The number of hydrogen-bond donors (Lipinski definition) is 0. The van der Waals surface area contributed by atoms with Gasteiger partial charge in [0.15, 0.2) is 0 Å². The summed E-state index contributed by atoms with van der Waals surface area (Å²) in [5.74, 6) is 0. The normalized spacial score (nSPS) is 30.8. The average molecular weight is 341 g/mol. The largest absolute Gasteiger partial charge is 0.131 e. The smallest absolute Gasteiger partial charge is 0.0127 e. The first-order valence-corrected chi connectivity index (χ1v) is 11.3. The van der Waals surface area contributed by atoms with E-state index in [1.807, 2.05) is 0 Å². The zero-order chi connectivity index (χ0) is 17.0. The highest BCUT2D eigenvalue weighted by Gasteiger charge is 2.35. The van der Waals surface area contributed by atoms with E-state index >= 15 is 0 Å². The van der Waals surface area contributed by atoms with E-state index in [0.717, 1.165) is 0 Å². The molecule has 2 unspecified atom stereocenters. The molecule has 0 aromatic heterocycles. The van der Waals surface area contributed by atoms with Crippen LogP contribution < -0.4 is 0 Å². The van der Waals surface area contributed by atoms with Crippen LogP contribution in [0.3, 0.4) is 0 Å². The molecule has 2 atom stereocenters. The average Bonchev–Trinajstić information content (AvgIpc) is 2.49. The molecule has 1 fully saturated rings. The van der Waals surface area contributed by atoms with E-state index in [0.29, 0.717) is 10.6 Å². The summed E-state index contributed by atoms with van der Waals surface area (Å²) in [6.07, 6.45) is 24.7. The van der Waals surface area contributed by atoms with E-state index < -0.39 is 0 Å². The van der Waals surface area contributed by atoms with Crippen molar-refractivity contribution in [2.75, 3.05) is 0 Å². The molecule has 1 aliphatic carbocycles. The molecule has 1 heteroatoms. The topological polar surface area (TPSA) is 0 Å². The van der Waals surface area contributed by atoms with E-state index in [1.54, 1.807) is 0 Å². The van der Waals surface area contributed by atoms with Crippen LogP contribution >= 0.6 is 9.24 Å². The van der Waals surface area contributed by atoms with Gasteiger partial charge in [-0.05, 0) is 23.4 Å². The van der Waals surface area contributed by atoms with Crippen LogP contribution in [-0.2, 0) is 0 Å². The van der Waals surface area contributed by atoms with E-state index in [4.69, 9.17) is 0 Å². The minimum absolute atomic E-state index is 0.413. The summed E-state index contributed by atoms with van der Waals surface area (Å²) in [7, 11) is 3.22. The van der Waals surface area contributed by atoms with Gasteiger partial charge in [0.1, 0.15) is 0 Å². The predicted octanol–water partition coefficient (Wildman–Crippen LogP) is 8.29. The molecule has 23 heavy (non-hydrogen) atoms. The summed E-state index contributed by atoms with van der Waals surface area (Å²) in [6.45, 7) is 7.49. The molecule has 0 heterocycles. The van der Waals surface area contributed by atoms with E-state index in [1.165, 1.54) is 109 Å². The maximum Gasteiger partial charge on any atom is -0.0127 e. The molecule has 0 nitrogen and oxygen atoms in total. The van der Waals surface area contributed by atoms with Crippen LogP contribution in [0.4, 0.5) is 0 Å². The molecule has 0 aromatic rings. The Morgan fingerprint density at radius 1 is 0.435 bits per heavy atom. The molecule has 1 aliphatic rings.